The van der Waals surface area contributed by atoms with Gasteiger partial charge in [0.1, 0.15) is 11.7 Å². The minimum absolute atomic E-state index is 0.241. The van der Waals surface area contributed by atoms with E-state index in [0.717, 1.165) is 0 Å². The van der Waals surface area contributed by atoms with Crippen molar-refractivity contribution in [2.45, 2.75) is 6.92 Å². The zero-order valence-electron chi connectivity index (χ0n) is 7.42. The van der Waals surface area contributed by atoms with E-state index < -0.39 is 0 Å². The summed E-state index contributed by atoms with van der Waals surface area (Å²) in [7, 11) is 0. The molecule has 0 heterocycles. The monoisotopic (exact) mass is 178 g/mol. The highest BCUT2D eigenvalue weighted by atomic mass is 19.1. The number of hydrogen-bond acceptors (Lipinski definition) is 1. The molecule has 13 heavy (non-hydrogen) atoms. The minimum atomic E-state index is -0.241. The van der Waals surface area contributed by atoms with Crippen LogP contribution in [0.3, 0.4) is 0 Å². The fraction of sp³-hybridized carbons (Fsp3) is 0.100. The Bertz CT molecular complexity index is 356. The van der Waals surface area contributed by atoms with Crippen LogP contribution in [0.15, 0.2) is 36.0 Å². The first-order chi connectivity index (χ1) is 6.15. The summed E-state index contributed by atoms with van der Waals surface area (Å²) >= 11 is 0. The maximum atomic E-state index is 12.8. The van der Waals surface area contributed by atoms with Crippen molar-refractivity contribution >= 4 is 5.84 Å². The molecule has 2 nitrogen and oxygen atoms in total. The average molecular weight is 178 g/mol. The third-order valence-electron chi connectivity index (χ3n) is 1.68. The van der Waals surface area contributed by atoms with Gasteiger partial charge in [0.05, 0.1) is 0 Å². The van der Waals surface area contributed by atoms with Gasteiger partial charge in [0.25, 0.3) is 0 Å². The molecule has 0 saturated carbocycles. The standard InChI is InChI=1S/C10H11FN2/c1-3-13-10(12)8-4-5-9(11)7(2)6-8/h3-6H,1H2,2H3,(H2,12,13). The average Bonchev–Trinajstić information content (AvgIpc) is 2.10. The summed E-state index contributed by atoms with van der Waals surface area (Å²) in [6, 6.07) is 4.61. The smallest absolute Gasteiger partial charge is 0.130 e. The number of hydrogen-bond donors (Lipinski definition) is 1. The first-order valence-electron chi connectivity index (χ1n) is 3.86. The van der Waals surface area contributed by atoms with Gasteiger partial charge in [-0.1, -0.05) is 6.58 Å². The minimum Gasteiger partial charge on any atom is -0.383 e. The van der Waals surface area contributed by atoms with Crippen molar-refractivity contribution < 1.29 is 4.39 Å². The summed E-state index contributed by atoms with van der Waals surface area (Å²) in [5.41, 5.74) is 6.84. The number of nitrogens with zero attached hydrogens (tertiary/aromatic N) is 1. The van der Waals surface area contributed by atoms with Crippen molar-refractivity contribution in [1.29, 1.82) is 0 Å². The number of aliphatic imine (C=N–C) groups is 1. The first kappa shape index (κ1) is 9.45. The molecule has 0 aliphatic heterocycles. The quantitative estimate of drug-likeness (QED) is 0.545. The van der Waals surface area contributed by atoms with Crippen LogP contribution in [0.5, 0.6) is 0 Å². The molecule has 0 atom stereocenters. The van der Waals surface area contributed by atoms with Crippen LogP contribution in [0.1, 0.15) is 11.1 Å². The van der Waals surface area contributed by atoms with E-state index in [9.17, 15) is 4.39 Å². The number of nitrogens with two attached hydrogens (primary N) is 1. The Morgan fingerprint density at radius 2 is 2.31 bits per heavy atom. The van der Waals surface area contributed by atoms with Gasteiger partial charge in [-0.25, -0.2) is 9.38 Å². The maximum Gasteiger partial charge on any atom is 0.130 e. The number of aryl methyl sites for hydroxylation is 1. The maximum absolute atomic E-state index is 12.8. The Morgan fingerprint density at radius 3 is 2.85 bits per heavy atom. The molecule has 1 aromatic rings. The molecule has 68 valence electrons. The highest BCUT2D eigenvalue weighted by molar-refractivity contribution is 5.97. The topological polar surface area (TPSA) is 38.4 Å². The molecule has 1 rings (SSSR count). The zero-order valence-corrected chi connectivity index (χ0v) is 7.42. The van der Waals surface area contributed by atoms with Gasteiger partial charge < -0.3 is 5.73 Å². The summed E-state index contributed by atoms with van der Waals surface area (Å²) in [4.78, 5) is 3.80. The summed E-state index contributed by atoms with van der Waals surface area (Å²) in [5.74, 6) is 0.105. The molecule has 2 N–H and O–H groups in total. The number of amidine groups is 1. The number of halogens is 1. The normalized spacial score (nSPS) is 11.4. The Morgan fingerprint density at radius 1 is 1.62 bits per heavy atom. The molecule has 3 heteroatoms. The van der Waals surface area contributed by atoms with Crippen molar-refractivity contribution in [2.24, 2.45) is 10.7 Å². The van der Waals surface area contributed by atoms with Crippen molar-refractivity contribution in [3.63, 3.8) is 0 Å². The van der Waals surface area contributed by atoms with E-state index in [4.69, 9.17) is 5.73 Å². The first-order valence-corrected chi connectivity index (χ1v) is 3.86. The van der Waals surface area contributed by atoms with Crippen LogP contribution in [0.25, 0.3) is 0 Å². The van der Waals surface area contributed by atoms with Crippen molar-refractivity contribution in [3.05, 3.63) is 47.9 Å². The van der Waals surface area contributed by atoms with Crippen LogP contribution in [0.4, 0.5) is 4.39 Å². The van der Waals surface area contributed by atoms with E-state index >= 15 is 0 Å². The molecule has 0 unspecified atom stereocenters. The van der Waals surface area contributed by atoms with E-state index in [1.54, 1.807) is 19.1 Å². The Kier molecular flexibility index (Phi) is 2.80. The highest BCUT2D eigenvalue weighted by Crippen LogP contribution is 2.08. The predicted octanol–water partition coefficient (Wildman–Crippen LogP) is 1.98. The molecule has 0 radical (unpaired) electrons. The SMILES string of the molecule is C=CN=C(N)c1ccc(F)c(C)c1. The van der Waals surface area contributed by atoms with Crippen LogP contribution in [-0.4, -0.2) is 5.84 Å². The third-order valence-corrected chi connectivity index (χ3v) is 1.68. The fourth-order valence-electron chi connectivity index (χ4n) is 0.977. The molecular weight excluding hydrogens is 167 g/mol. The Balaban J connectivity index is 3.10. The molecule has 0 aliphatic carbocycles. The van der Waals surface area contributed by atoms with E-state index in [1.807, 2.05) is 0 Å². The van der Waals surface area contributed by atoms with E-state index in [2.05, 4.69) is 11.6 Å². The lowest BCUT2D eigenvalue weighted by molar-refractivity contribution is 0.618. The van der Waals surface area contributed by atoms with Crippen LogP contribution in [0.2, 0.25) is 0 Å². The second-order valence-electron chi connectivity index (χ2n) is 2.66. The zero-order chi connectivity index (χ0) is 9.84. The Hall–Kier alpha value is -1.64. The van der Waals surface area contributed by atoms with Crippen LogP contribution >= 0.6 is 0 Å². The predicted molar refractivity (Wildman–Crippen MR) is 52.1 cm³/mol. The molecule has 0 saturated heterocycles. The molecule has 0 aromatic heterocycles. The fourth-order valence-corrected chi connectivity index (χ4v) is 0.977. The van der Waals surface area contributed by atoms with Gasteiger partial charge in [-0.2, -0.15) is 0 Å². The van der Waals surface area contributed by atoms with E-state index in [1.165, 1.54) is 12.3 Å². The summed E-state index contributed by atoms with van der Waals surface area (Å²) in [6.45, 7) is 5.11. The van der Waals surface area contributed by atoms with Crippen LogP contribution < -0.4 is 5.73 Å². The molecular formula is C10H11FN2. The molecule has 0 amide bonds. The van der Waals surface area contributed by atoms with Crippen molar-refractivity contribution in [3.8, 4) is 0 Å². The lowest BCUT2D eigenvalue weighted by atomic mass is 10.1. The van der Waals surface area contributed by atoms with Crippen molar-refractivity contribution in [1.82, 2.24) is 0 Å². The summed E-state index contributed by atoms with van der Waals surface area (Å²) in [6.07, 6.45) is 1.36. The lowest BCUT2D eigenvalue weighted by Crippen LogP contribution is -2.12. The van der Waals surface area contributed by atoms with Gasteiger partial charge >= 0.3 is 0 Å². The van der Waals surface area contributed by atoms with E-state index in [-0.39, 0.29) is 5.82 Å². The Labute approximate surface area is 76.6 Å². The molecule has 0 spiro atoms. The third kappa shape index (κ3) is 2.15. The molecule has 1 aromatic carbocycles. The second-order valence-corrected chi connectivity index (χ2v) is 2.66. The van der Waals surface area contributed by atoms with Gasteiger partial charge in [-0.15, -0.1) is 0 Å². The largest absolute Gasteiger partial charge is 0.383 e. The van der Waals surface area contributed by atoms with Gasteiger partial charge in [-0.3, -0.25) is 0 Å². The summed E-state index contributed by atoms with van der Waals surface area (Å²) in [5, 5.41) is 0. The molecule has 0 aliphatic rings. The molecule has 0 fully saturated rings. The van der Waals surface area contributed by atoms with Gasteiger partial charge in [0, 0.05) is 11.8 Å². The van der Waals surface area contributed by atoms with Crippen LogP contribution in [0, 0.1) is 12.7 Å². The van der Waals surface area contributed by atoms with Crippen molar-refractivity contribution in [2.75, 3.05) is 0 Å². The lowest BCUT2D eigenvalue weighted by Gasteiger charge is -2.01. The van der Waals surface area contributed by atoms with Crippen LogP contribution in [-0.2, 0) is 0 Å². The van der Waals surface area contributed by atoms with Gasteiger partial charge in [-0.05, 0) is 30.7 Å². The second kappa shape index (κ2) is 3.85. The van der Waals surface area contributed by atoms with Gasteiger partial charge in [0.15, 0.2) is 0 Å². The molecule has 0 bridgehead atoms. The highest BCUT2D eigenvalue weighted by Gasteiger charge is 2.01. The number of rotatable bonds is 2. The summed E-state index contributed by atoms with van der Waals surface area (Å²) < 4.78 is 12.8. The van der Waals surface area contributed by atoms with E-state index in [0.29, 0.717) is 17.0 Å². The number of benzene rings is 1. The van der Waals surface area contributed by atoms with Gasteiger partial charge in [0.2, 0.25) is 0 Å².